The molecule has 0 aromatic rings. The van der Waals surface area contributed by atoms with Crippen molar-refractivity contribution in [2.45, 2.75) is 32.2 Å². The minimum absolute atomic E-state index is 0.00301. The van der Waals surface area contributed by atoms with E-state index in [1.54, 1.807) is 0 Å². The number of aliphatic carboxylic acids is 1. The lowest BCUT2D eigenvalue weighted by Gasteiger charge is -2.20. The highest BCUT2D eigenvalue weighted by Crippen LogP contribution is 2.31. The van der Waals surface area contributed by atoms with Crippen LogP contribution >= 0.6 is 0 Å². The fraction of sp³-hybridized carbons (Fsp3) is 0.833. The molecule has 2 aliphatic rings. The molecule has 1 saturated carbocycles. The summed E-state index contributed by atoms with van der Waals surface area (Å²) in [6.45, 7) is 2.58. The SMILES string of the molecule is CC1CCCC1C(=O)NC1COCC1C(=O)O. The Morgan fingerprint density at radius 2 is 2.00 bits per heavy atom. The topological polar surface area (TPSA) is 75.6 Å². The second-order valence-electron chi connectivity index (χ2n) is 5.11. The van der Waals surface area contributed by atoms with Crippen molar-refractivity contribution in [2.24, 2.45) is 17.8 Å². The molecule has 5 heteroatoms. The number of nitrogens with one attached hydrogen (secondary N) is 1. The van der Waals surface area contributed by atoms with Gasteiger partial charge in [-0.15, -0.1) is 0 Å². The Kier molecular flexibility index (Phi) is 3.66. The van der Waals surface area contributed by atoms with E-state index < -0.39 is 11.9 Å². The summed E-state index contributed by atoms with van der Waals surface area (Å²) >= 11 is 0. The summed E-state index contributed by atoms with van der Waals surface area (Å²) in [4.78, 5) is 23.0. The van der Waals surface area contributed by atoms with Crippen LogP contribution in [0.2, 0.25) is 0 Å². The molecular formula is C12H19NO4. The summed E-state index contributed by atoms with van der Waals surface area (Å²) in [6.07, 6.45) is 3.09. The highest BCUT2D eigenvalue weighted by molar-refractivity contribution is 5.81. The summed E-state index contributed by atoms with van der Waals surface area (Å²) in [5.74, 6) is -1.05. The molecule has 0 radical (unpaired) electrons. The number of hydrogen-bond donors (Lipinski definition) is 2. The van der Waals surface area contributed by atoms with Crippen molar-refractivity contribution in [1.29, 1.82) is 0 Å². The van der Waals surface area contributed by atoms with Crippen LogP contribution in [0.15, 0.2) is 0 Å². The average molecular weight is 241 g/mol. The Labute approximate surface area is 101 Å². The number of carboxylic acid groups (broad SMARTS) is 1. The number of rotatable bonds is 3. The first-order valence-corrected chi connectivity index (χ1v) is 6.20. The number of ether oxygens (including phenoxy) is 1. The Balaban J connectivity index is 1.91. The first kappa shape index (κ1) is 12.4. The molecule has 0 aromatic heterocycles. The molecule has 96 valence electrons. The van der Waals surface area contributed by atoms with Crippen LogP contribution in [-0.4, -0.2) is 36.2 Å². The summed E-state index contributed by atoms with van der Waals surface area (Å²) in [5, 5.41) is 11.8. The first-order chi connectivity index (χ1) is 8.09. The highest BCUT2D eigenvalue weighted by atomic mass is 16.5. The van der Waals surface area contributed by atoms with E-state index in [0.717, 1.165) is 19.3 Å². The van der Waals surface area contributed by atoms with Crippen LogP contribution in [0, 0.1) is 17.8 Å². The van der Waals surface area contributed by atoms with Gasteiger partial charge in [-0.2, -0.15) is 0 Å². The monoisotopic (exact) mass is 241 g/mol. The van der Waals surface area contributed by atoms with Gasteiger partial charge in [0.05, 0.1) is 19.3 Å². The van der Waals surface area contributed by atoms with E-state index in [1.807, 2.05) is 0 Å². The van der Waals surface area contributed by atoms with E-state index >= 15 is 0 Å². The van der Waals surface area contributed by atoms with Crippen molar-refractivity contribution in [1.82, 2.24) is 5.32 Å². The quantitative estimate of drug-likeness (QED) is 0.760. The summed E-state index contributed by atoms with van der Waals surface area (Å²) in [6, 6.07) is -0.368. The fourth-order valence-electron chi connectivity index (χ4n) is 2.76. The Bertz CT molecular complexity index is 318. The van der Waals surface area contributed by atoms with Crippen molar-refractivity contribution in [3.8, 4) is 0 Å². The minimum atomic E-state index is -0.896. The van der Waals surface area contributed by atoms with Gasteiger partial charge in [0, 0.05) is 5.92 Å². The van der Waals surface area contributed by atoms with Crippen LogP contribution in [-0.2, 0) is 14.3 Å². The number of hydrogen-bond acceptors (Lipinski definition) is 3. The highest BCUT2D eigenvalue weighted by Gasteiger charge is 2.37. The summed E-state index contributed by atoms with van der Waals surface area (Å²) in [7, 11) is 0. The lowest BCUT2D eigenvalue weighted by atomic mass is 9.96. The van der Waals surface area contributed by atoms with Gasteiger partial charge < -0.3 is 15.2 Å². The maximum Gasteiger partial charge on any atom is 0.311 e. The van der Waals surface area contributed by atoms with Crippen molar-refractivity contribution >= 4 is 11.9 Å². The second kappa shape index (κ2) is 5.04. The maximum absolute atomic E-state index is 12.0. The van der Waals surface area contributed by atoms with Crippen molar-refractivity contribution < 1.29 is 19.4 Å². The maximum atomic E-state index is 12.0. The predicted octanol–water partition coefficient (Wildman–Crippen LogP) is 0.638. The Hall–Kier alpha value is -1.10. The van der Waals surface area contributed by atoms with Crippen molar-refractivity contribution in [3.05, 3.63) is 0 Å². The van der Waals surface area contributed by atoms with Gasteiger partial charge in [-0.1, -0.05) is 13.3 Å². The van der Waals surface area contributed by atoms with Gasteiger partial charge in [0.2, 0.25) is 5.91 Å². The van der Waals surface area contributed by atoms with E-state index in [4.69, 9.17) is 9.84 Å². The third-order valence-electron chi connectivity index (χ3n) is 3.92. The van der Waals surface area contributed by atoms with Gasteiger partial charge in [-0.05, 0) is 18.8 Å². The van der Waals surface area contributed by atoms with Crippen LogP contribution in [0.5, 0.6) is 0 Å². The van der Waals surface area contributed by atoms with Crippen LogP contribution in [0.25, 0.3) is 0 Å². The normalized spacial score (nSPS) is 37.0. The van der Waals surface area contributed by atoms with E-state index in [-0.39, 0.29) is 24.5 Å². The van der Waals surface area contributed by atoms with Gasteiger partial charge in [-0.25, -0.2) is 0 Å². The fourth-order valence-corrected chi connectivity index (χ4v) is 2.76. The molecule has 2 N–H and O–H groups in total. The van der Waals surface area contributed by atoms with E-state index in [1.165, 1.54) is 0 Å². The predicted molar refractivity (Wildman–Crippen MR) is 60.4 cm³/mol. The lowest BCUT2D eigenvalue weighted by Crippen LogP contribution is -2.45. The van der Waals surface area contributed by atoms with Gasteiger partial charge in [0.15, 0.2) is 0 Å². The molecule has 4 unspecified atom stereocenters. The molecule has 1 heterocycles. The molecule has 5 nitrogen and oxygen atoms in total. The number of carbonyl (C=O) groups excluding carboxylic acids is 1. The zero-order chi connectivity index (χ0) is 12.4. The molecule has 1 aliphatic carbocycles. The summed E-state index contributed by atoms with van der Waals surface area (Å²) < 4.78 is 5.13. The van der Waals surface area contributed by atoms with Crippen LogP contribution in [0.3, 0.4) is 0 Å². The molecule has 0 spiro atoms. The van der Waals surface area contributed by atoms with E-state index in [2.05, 4.69) is 12.2 Å². The van der Waals surface area contributed by atoms with Gasteiger partial charge in [0.1, 0.15) is 5.92 Å². The molecular weight excluding hydrogens is 222 g/mol. The number of carboxylic acids is 1. The largest absolute Gasteiger partial charge is 0.481 e. The molecule has 0 aromatic carbocycles. The zero-order valence-electron chi connectivity index (χ0n) is 10.0. The molecule has 1 saturated heterocycles. The number of amides is 1. The van der Waals surface area contributed by atoms with Crippen molar-refractivity contribution in [2.75, 3.05) is 13.2 Å². The van der Waals surface area contributed by atoms with Crippen LogP contribution < -0.4 is 5.32 Å². The third kappa shape index (κ3) is 2.60. The third-order valence-corrected chi connectivity index (χ3v) is 3.92. The molecule has 2 rings (SSSR count). The Morgan fingerprint density at radius 1 is 1.24 bits per heavy atom. The second-order valence-corrected chi connectivity index (χ2v) is 5.11. The van der Waals surface area contributed by atoms with Crippen LogP contribution in [0.4, 0.5) is 0 Å². The van der Waals surface area contributed by atoms with E-state index in [0.29, 0.717) is 12.5 Å². The lowest BCUT2D eigenvalue weighted by molar-refractivity contribution is -0.142. The average Bonchev–Trinajstić information content (AvgIpc) is 2.86. The van der Waals surface area contributed by atoms with Gasteiger partial charge in [0.25, 0.3) is 0 Å². The molecule has 17 heavy (non-hydrogen) atoms. The summed E-state index contributed by atoms with van der Waals surface area (Å²) in [5.41, 5.74) is 0. The smallest absolute Gasteiger partial charge is 0.311 e. The standard InChI is InChI=1S/C12H19NO4/c1-7-3-2-4-8(7)11(14)13-10-6-17-5-9(10)12(15)16/h7-10H,2-6H2,1H3,(H,13,14)(H,15,16). The molecule has 4 atom stereocenters. The minimum Gasteiger partial charge on any atom is -0.481 e. The molecule has 2 fully saturated rings. The Morgan fingerprint density at radius 3 is 2.59 bits per heavy atom. The molecule has 1 aliphatic heterocycles. The van der Waals surface area contributed by atoms with Crippen molar-refractivity contribution in [3.63, 3.8) is 0 Å². The van der Waals surface area contributed by atoms with Gasteiger partial charge in [-0.3, -0.25) is 9.59 Å². The van der Waals surface area contributed by atoms with Crippen LogP contribution in [0.1, 0.15) is 26.2 Å². The zero-order valence-corrected chi connectivity index (χ0v) is 10.0. The first-order valence-electron chi connectivity index (χ1n) is 6.20. The molecule has 1 amide bonds. The van der Waals surface area contributed by atoms with Gasteiger partial charge >= 0.3 is 5.97 Å². The van der Waals surface area contributed by atoms with E-state index in [9.17, 15) is 9.59 Å². The molecule has 0 bridgehead atoms. The number of carbonyl (C=O) groups is 2.